The van der Waals surface area contributed by atoms with Gasteiger partial charge >= 0.3 is 0 Å². The van der Waals surface area contributed by atoms with E-state index in [2.05, 4.69) is 10.3 Å². The topological polar surface area (TPSA) is 47.5 Å². The van der Waals surface area contributed by atoms with E-state index < -0.39 is 0 Å². The monoisotopic (exact) mass is 219 g/mol. The second-order valence-corrected chi connectivity index (χ2v) is 4.42. The number of benzene rings is 1. The van der Waals surface area contributed by atoms with Crippen LogP contribution >= 0.6 is 0 Å². The van der Waals surface area contributed by atoms with Crippen LogP contribution in [0.1, 0.15) is 27.2 Å². The van der Waals surface area contributed by atoms with Gasteiger partial charge in [-0.3, -0.25) is 4.99 Å². The summed E-state index contributed by atoms with van der Waals surface area (Å²) >= 11 is 0. The first kappa shape index (κ1) is 12.6. The summed E-state index contributed by atoms with van der Waals surface area (Å²) in [5.41, 5.74) is 1.19. The van der Waals surface area contributed by atoms with Gasteiger partial charge < -0.3 is 10.4 Å². The summed E-state index contributed by atoms with van der Waals surface area (Å²) in [6.45, 7) is 5.83. The Morgan fingerprint density at radius 3 is 2.56 bits per heavy atom. The third-order valence-corrected chi connectivity index (χ3v) is 2.86. The van der Waals surface area contributed by atoms with E-state index in [1.165, 1.54) is 0 Å². The van der Waals surface area contributed by atoms with Crippen LogP contribution in [0.4, 0.5) is 11.4 Å². The number of anilines is 1. The smallest absolute Gasteiger partial charge is 0.0849 e. The Labute approximate surface area is 97.2 Å². The van der Waals surface area contributed by atoms with E-state index in [0.29, 0.717) is 5.69 Å². The van der Waals surface area contributed by atoms with Crippen LogP contribution in [-0.4, -0.2) is 12.9 Å². The summed E-state index contributed by atoms with van der Waals surface area (Å²) in [4.78, 5) is 4.17. The molecule has 1 aromatic rings. The third kappa shape index (κ3) is 2.75. The molecule has 3 heteroatoms. The molecule has 0 spiro atoms. The lowest BCUT2D eigenvalue weighted by atomic mass is 9.90. The van der Waals surface area contributed by atoms with Gasteiger partial charge in [0.25, 0.3) is 0 Å². The molecule has 3 nitrogen and oxygen atoms in total. The SMILES string of the molecule is CCC(C)(C)C([O-])=Nc1ccccc1NC. The standard InChI is InChI=1S/C13H20N2O/c1-5-13(2,3)12(16)15-11-9-7-6-8-10(11)14-4/h6-9,14H,5H2,1-4H3,(H,15,16)/p-1. The van der Waals surface area contributed by atoms with Crippen LogP contribution in [-0.2, 0) is 0 Å². The van der Waals surface area contributed by atoms with Crippen molar-refractivity contribution in [2.24, 2.45) is 10.4 Å². The highest BCUT2D eigenvalue weighted by molar-refractivity contribution is 5.83. The molecule has 0 aliphatic carbocycles. The van der Waals surface area contributed by atoms with Crippen molar-refractivity contribution in [1.29, 1.82) is 0 Å². The van der Waals surface area contributed by atoms with Crippen molar-refractivity contribution in [1.82, 2.24) is 0 Å². The van der Waals surface area contributed by atoms with Gasteiger partial charge in [0.2, 0.25) is 0 Å². The predicted octanol–water partition coefficient (Wildman–Crippen LogP) is 2.55. The van der Waals surface area contributed by atoms with E-state index in [0.717, 1.165) is 12.1 Å². The van der Waals surface area contributed by atoms with Gasteiger partial charge in [-0.25, -0.2) is 0 Å². The Morgan fingerprint density at radius 2 is 2.00 bits per heavy atom. The molecule has 88 valence electrons. The fraction of sp³-hybridized carbons (Fsp3) is 0.462. The Bertz CT molecular complexity index is 383. The molecule has 1 N–H and O–H groups in total. The van der Waals surface area contributed by atoms with Crippen molar-refractivity contribution in [3.63, 3.8) is 0 Å². The number of nitrogens with zero attached hydrogens (tertiary/aromatic N) is 1. The fourth-order valence-corrected chi connectivity index (χ4v) is 1.19. The Balaban J connectivity index is 3.07. The molecule has 0 unspecified atom stereocenters. The van der Waals surface area contributed by atoms with Crippen molar-refractivity contribution >= 4 is 17.3 Å². The zero-order valence-corrected chi connectivity index (χ0v) is 10.4. The molecule has 0 aliphatic heterocycles. The van der Waals surface area contributed by atoms with Crippen molar-refractivity contribution < 1.29 is 5.11 Å². The maximum Gasteiger partial charge on any atom is 0.0849 e. The number of hydrogen-bond donors (Lipinski definition) is 1. The first-order valence-electron chi connectivity index (χ1n) is 5.54. The summed E-state index contributed by atoms with van der Waals surface area (Å²) < 4.78 is 0. The zero-order valence-electron chi connectivity index (χ0n) is 10.4. The normalized spacial score (nSPS) is 12.6. The van der Waals surface area contributed by atoms with E-state index >= 15 is 0 Å². The molecule has 0 saturated heterocycles. The van der Waals surface area contributed by atoms with Crippen LogP contribution in [0.2, 0.25) is 0 Å². The van der Waals surface area contributed by atoms with E-state index in [9.17, 15) is 5.11 Å². The molecule has 0 bridgehead atoms. The molecular weight excluding hydrogens is 200 g/mol. The highest BCUT2D eigenvalue weighted by Gasteiger charge is 2.15. The van der Waals surface area contributed by atoms with Crippen LogP contribution in [0.3, 0.4) is 0 Å². The summed E-state index contributed by atoms with van der Waals surface area (Å²) in [5.74, 6) is -0.0716. The fourth-order valence-electron chi connectivity index (χ4n) is 1.19. The van der Waals surface area contributed by atoms with Gasteiger partial charge in [0.05, 0.1) is 11.4 Å². The quantitative estimate of drug-likeness (QED) is 0.625. The average molecular weight is 219 g/mol. The number of para-hydroxylation sites is 2. The molecule has 1 rings (SSSR count). The summed E-state index contributed by atoms with van der Waals surface area (Å²) in [6.07, 6.45) is 0.789. The first-order chi connectivity index (χ1) is 7.51. The molecule has 0 heterocycles. The molecule has 0 fully saturated rings. The number of nitrogens with one attached hydrogen (secondary N) is 1. The van der Waals surface area contributed by atoms with Gasteiger partial charge in [-0.05, 0) is 29.9 Å². The Hall–Kier alpha value is -1.51. The minimum atomic E-state index is -0.388. The minimum absolute atomic E-state index is 0.0716. The van der Waals surface area contributed by atoms with Crippen molar-refractivity contribution in [3.8, 4) is 0 Å². The predicted molar refractivity (Wildman–Crippen MR) is 67.2 cm³/mol. The lowest BCUT2D eigenvalue weighted by Gasteiger charge is -2.29. The van der Waals surface area contributed by atoms with Crippen LogP contribution in [0.25, 0.3) is 0 Å². The van der Waals surface area contributed by atoms with E-state index in [1.807, 2.05) is 52.1 Å². The van der Waals surface area contributed by atoms with E-state index in [1.54, 1.807) is 0 Å². The van der Waals surface area contributed by atoms with Crippen molar-refractivity contribution in [3.05, 3.63) is 24.3 Å². The molecule has 0 radical (unpaired) electrons. The molecule has 0 amide bonds. The Morgan fingerprint density at radius 1 is 1.38 bits per heavy atom. The second kappa shape index (κ2) is 5.01. The minimum Gasteiger partial charge on any atom is -0.861 e. The molecule has 16 heavy (non-hydrogen) atoms. The maximum atomic E-state index is 11.9. The lowest BCUT2D eigenvalue weighted by Crippen LogP contribution is -2.34. The van der Waals surface area contributed by atoms with Crippen LogP contribution in [0.15, 0.2) is 29.3 Å². The number of aliphatic imine (C=N–C) groups is 1. The maximum absolute atomic E-state index is 11.9. The second-order valence-electron chi connectivity index (χ2n) is 4.42. The molecule has 0 aromatic heterocycles. The largest absolute Gasteiger partial charge is 0.861 e. The summed E-state index contributed by atoms with van der Waals surface area (Å²) in [7, 11) is 1.82. The van der Waals surface area contributed by atoms with Gasteiger partial charge in [-0.15, -0.1) is 0 Å². The van der Waals surface area contributed by atoms with Crippen LogP contribution in [0.5, 0.6) is 0 Å². The number of rotatable bonds is 4. The van der Waals surface area contributed by atoms with Gasteiger partial charge in [0, 0.05) is 7.05 Å². The number of hydrogen-bond acceptors (Lipinski definition) is 3. The Kier molecular flexibility index (Phi) is 3.93. The summed E-state index contributed by atoms with van der Waals surface area (Å²) in [5, 5.41) is 15.0. The molecular formula is C13H19N2O-. The lowest BCUT2D eigenvalue weighted by molar-refractivity contribution is -0.229. The third-order valence-electron chi connectivity index (χ3n) is 2.86. The van der Waals surface area contributed by atoms with Crippen molar-refractivity contribution in [2.75, 3.05) is 12.4 Å². The van der Waals surface area contributed by atoms with Gasteiger partial charge in [0.1, 0.15) is 0 Å². The van der Waals surface area contributed by atoms with E-state index in [-0.39, 0.29) is 11.3 Å². The molecule has 1 aromatic carbocycles. The van der Waals surface area contributed by atoms with Crippen LogP contribution < -0.4 is 10.4 Å². The molecule has 0 atom stereocenters. The summed E-state index contributed by atoms with van der Waals surface area (Å²) in [6, 6.07) is 7.55. The highest BCUT2D eigenvalue weighted by atomic mass is 16.3. The van der Waals surface area contributed by atoms with Crippen LogP contribution in [0, 0.1) is 5.41 Å². The first-order valence-corrected chi connectivity index (χ1v) is 5.54. The van der Waals surface area contributed by atoms with Crippen molar-refractivity contribution in [2.45, 2.75) is 27.2 Å². The van der Waals surface area contributed by atoms with Gasteiger partial charge in [-0.1, -0.05) is 32.9 Å². The van der Waals surface area contributed by atoms with E-state index in [4.69, 9.17) is 0 Å². The molecule has 0 aliphatic rings. The highest BCUT2D eigenvalue weighted by Crippen LogP contribution is 2.27. The van der Waals surface area contributed by atoms with Gasteiger partial charge in [0.15, 0.2) is 0 Å². The molecule has 0 saturated carbocycles. The average Bonchev–Trinajstić information content (AvgIpc) is 2.29. The van der Waals surface area contributed by atoms with Gasteiger partial charge in [-0.2, -0.15) is 0 Å². The zero-order chi connectivity index (χ0) is 12.2.